The SMILES string of the molecule is COc1ccc2cc1Oc1cc(ccc1O)[C@H](O)C13SSS[C@@]4(C(=O)N1C)[C@H](O)C1=COC=C[C@H](OC2=O)[C@H]1N4C3=O. The predicted octanol–water partition coefficient (Wildman–Crippen LogP) is 2.67. The van der Waals surface area contributed by atoms with Gasteiger partial charge in [-0.1, -0.05) is 6.07 Å². The Balaban J connectivity index is 1.50. The van der Waals surface area contributed by atoms with Gasteiger partial charge in [-0.05, 0) is 73.4 Å². The number of phenolic OH excluding ortho intramolecular Hbond substituents is 1. The van der Waals surface area contributed by atoms with E-state index >= 15 is 0 Å². The largest absolute Gasteiger partial charge is 0.504 e. The Morgan fingerprint density at radius 1 is 0.976 bits per heavy atom. The highest BCUT2D eigenvalue weighted by Gasteiger charge is 2.76. The highest BCUT2D eigenvalue weighted by Crippen LogP contribution is 2.67. The molecule has 2 aromatic carbocycles. The average Bonchev–Trinajstić information content (AvgIpc) is 3.15. The first kappa shape index (κ1) is 27.3. The van der Waals surface area contributed by atoms with E-state index in [1.54, 1.807) is 0 Å². The Labute approximate surface area is 250 Å². The van der Waals surface area contributed by atoms with Gasteiger partial charge in [0.2, 0.25) is 9.74 Å². The van der Waals surface area contributed by atoms with Crippen molar-refractivity contribution in [1.29, 1.82) is 0 Å². The molecule has 4 fully saturated rings. The van der Waals surface area contributed by atoms with Gasteiger partial charge in [-0.25, -0.2) is 4.79 Å². The molecule has 2 spiro atoms. The number of hydrogen-bond acceptors (Lipinski definition) is 13. The maximum atomic E-state index is 14.7. The maximum absolute atomic E-state index is 14.7. The van der Waals surface area contributed by atoms with Crippen molar-refractivity contribution in [1.82, 2.24) is 9.80 Å². The van der Waals surface area contributed by atoms with E-state index in [0.29, 0.717) is 0 Å². The minimum Gasteiger partial charge on any atom is -0.504 e. The second-order valence-corrected chi connectivity index (χ2v) is 14.4. The van der Waals surface area contributed by atoms with Crippen LogP contribution in [0.4, 0.5) is 0 Å². The fourth-order valence-electron chi connectivity index (χ4n) is 5.88. The Kier molecular flexibility index (Phi) is 6.19. The third kappa shape index (κ3) is 3.45. The van der Waals surface area contributed by atoms with Gasteiger partial charge in [0.05, 0.1) is 25.2 Å². The van der Waals surface area contributed by atoms with Crippen molar-refractivity contribution in [3.05, 3.63) is 71.7 Å². The van der Waals surface area contributed by atoms with Gasteiger partial charge in [0.1, 0.15) is 24.4 Å². The van der Waals surface area contributed by atoms with Crippen LogP contribution in [0.25, 0.3) is 0 Å². The molecular weight excluding hydrogens is 609 g/mol. The molecule has 12 nitrogen and oxygen atoms in total. The molecule has 6 aliphatic rings. The summed E-state index contributed by atoms with van der Waals surface area (Å²) in [4.78, 5) is 41.1. The lowest BCUT2D eigenvalue weighted by Gasteiger charge is -2.52. The lowest BCUT2D eigenvalue weighted by molar-refractivity contribution is -0.174. The molecule has 218 valence electrons. The van der Waals surface area contributed by atoms with E-state index in [1.807, 2.05) is 0 Å². The van der Waals surface area contributed by atoms with Crippen LogP contribution in [0, 0.1) is 0 Å². The molecule has 0 aromatic heterocycles. The number of carbonyl (C=O) groups excluding carboxylic acids is 3. The topological polar surface area (TPSA) is 155 Å². The van der Waals surface area contributed by atoms with Gasteiger partial charge in [-0.3, -0.25) is 9.59 Å². The van der Waals surface area contributed by atoms with E-state index in [2.05, 4.69) is 0 Å². The molecule has 15 heteroatoms. The van der Waals surface area contributed by atoms with Crippen molar-refractivity contribution >= 4 is 49.2 Å². The number of nitrogens with zero attached hydrogens (tertiary/aromatic N) is 2. The smallest absolute Gasteiger partial charge is 0.338 e. The standard InChI is InChI=1S/C27H22N2O10S3/c1-28-24(34)27-22(32)14-11-37-8-7-17-20(14)29(27)25(35)26(28,40-42-41-27)21(31)12-3-5-15(30)18(9-12)38-19-10-13(23(33)39-17)4-6-16(19)36-2/h3-11,17,20-22,30-32H,1-2H3/t17-,20-,21-,22+,26?,27+/m0/s1. The molecule has 1 unspecified atom stereocenters. The highest BCUT2D eigenvalue weighted by molar-refractivity contribution is 9.10. The second-order valence-electron chi connectivity index (χ2n) is 10.1. The van der Waals surface area contributed by atoms with E-state index in [-0.39, 0.29) is 39.7 Å². The first-order valence-electron chi connectivity index (χ1n) is 12.6. The molecule has 2 aromatic rings. The second kappa shape index (κ2) is 9.50. The number of piperazine rings is 1. The molecule has 0 saturated carbocycles. The van der Waals surface area contributed by atoms with Gasteiger partial charge in [0.15, 0.2) is 23.0 Å². The van der Waals surface area contributed by atoms with Crippen LogP contribution in [0.3, 0.4) is 0 Å². The van der Waals surface area contributed by atoms with Crippen molar-refractivity contribution in [2.75, 3.05) is 14.2 Å². The summed E-state index contributed by atoms with van der Waals surface area (Å²) < 4.78 is 22.7. The number of esters is 1. The molecule has 0 aliphatic carbocycles. The molecule has 8 rings (SSSR count). The molecule has 2 amide bonds. The minimum atomic E-state index is -1.92. The Bertz CT molecular complexity index is 1620. The zero-order chi connectivity index (χ0) is 29.6. The van der Waals surface area contributed by atoms with Crippen LogP contribution in [-0.4, -0.2) is 85.1 Å². The number of phenols is 1. The number of aromatic hydroxyl groups is 1. The zero-order valence-corrected chi connectivity index (χ0v) is 24.3. The van der Waals surface area contributed by atoms with E-state index < -0.39 is 51.9 Å². The molecule has 6 heterocycles. The number of hydrogen-bond donors (Lipinski definition) is 3. The van der Waals surface area contributed by atoms with Gasteiger partial charge < -0.3 is 44.1 Å². The van der Waals surface area contributed by atoms with Crippen LogP contribution >= 0.6 is 31.4 Å². The number of benzene rings is 2. The van der Waals surface area contributed by atoms with Crippen LogP contribution < -0.4 is 9.47 Å². The minimum absolute atomic E-state index is 0.0604. The molecule has 0 radical (unpaired) electrons. The number of rotatable bonds is 1. The monoisotopic (exact) mass is 630 g/mol. The summed E-state index contributed by atoms with van der Waals surface area (Å²) in [5.74, 6) is -2.18. The molecule has 4 saturated heterocycles. The van der Waals surface area contributed by atoms with Crippen molar-refractivity contribution in [2.45, 2.75) is 34.1 Å². The molecule has 3 N–H and O–H groups in total. The Morgan fingerprint density at radius 2 is 1.76 bits per heavy atom. The van der Waals surface area contributed by atoms with Crippen molar-refractivity contribution in [3.63, 3.8) is 0 Å². The van der Waals surface area contributed by atoms with E-state index in [1.165, 1.54) is 74.1 Å². The van der Waals surface area contributed by atoms with Crippen LogP contribution in [-0.2, 0) is 19.1 Å². The predicted molar refractivity (Wildman–Crippen MR) is 151 cm³/mol. The average molecular weight is 631 g/mol. The lowest BCUT2D eigenvalue weighted by Crippen LogP contribution is -2.75. The fraction of sp³-hybridized carbons (Fsp3) is 0.296. The van der Waals surface area contributed by atoms with Crippen molar-refractivity contribution in [3.8, 4) is 23.0 Å². The summed E-state index contributed by atoms with van der Waals surface area (Å²) in [6.45, 7) is 0. The van der Waals surface area contributed by atoms with Gasteiger partial charge in [0, 0.05) is 12.6 Å². The summed E-state index contributed by atoms with van der Waals surface area (Å²) in [6, 6.07) is 7.25. The van der Waals surface area contributed by atoms with Gasteiger partial charge in [0.25, 0.3) is 11.8 Å². The number of likely N-dealkylation sites (N-methyl/N-ethyl adjacent to an activating group) is 1. The summed E-state index contributed by atoms with van der Waals surface area (Å²) >= 11 is 0. The molecule has 7 bridgehead atoms. The zero-order valence-electron chi connectivity index (χ0n) is 21.8. The number of fused-ring (bicyclic) bond motifs is 7. The third-order valence-corrected chi connectivity index (χ3v) is 13.1. The number of carbonyl (C=O) groups is 3. The first-order chi connectivity index (χ1) is 20.1. The highest BCUT2D eigenvalue weighted by atomic mass is 33.5. The summed E-state index contributed by atoms with van der Waals surface area (Å²) in [6.07, 6.45) is -0.395. The van der Waals surface area contributed by atoms with Gasteiger partial charge in [-0.2, -0.15) is 0 Å². The molecule has 6 aliphatic heterocycles. The number of ether oxygens (including phenoxy) is 4. The van der Waals surface area contributed by atoms with Gasteiger partial charge in [-0.15, -0.1) is 0 Å². The normalized spacial score (nSPS) is 33.0. The van der Waals surface area contributed by atoms with Crippen LogP contribution in [0.1, 0.15) is 22.0 Å². The van der Waals surface area contributed by atoms with Crippen LogP contribution in [0.15, 0.2) is 60.6 Å². The van der Waals surface area contributed by atoms with Gasteiger partial charge >= 0.3 is 5.97 Å². The van der Waals surface area contributed by atoms with E-state index in [9.17, 15) is 29.7 Å². The van der Waals surface area contributed by atoms with Crippen molar-refractivity contribution in [2.24, 2.45) is 0 Å². The Hall–Kier alpha value is -3.50. The first-order valence-corrected chi connectivity index (χ1v) is 16.1. The number of methoxy groups -OCH3 is 1. The molecular formula is C27H22N2O10S3. The lowest BCUT2D eigenvalue weighted by atomic mass is 9.93. The number of amides is 2. The summed E-state index contributed by atoms with van der Waals surface area (Å²) in [5, 5.41) is 34.3. The summed E-state index contributed by atoms with van der Waals surface area (Å²) in [5.41, 5.74) is 0.384. The Morgan fingerprint density at radius 3 is 2.55 bits per heavy atom. The fourth-order valence-corrected chi connectivity index (χ4v) is 11.9. The quantitative estimate of drug-likeness (QED) is 0.313. The van der Waals surface area contributed by atoms with Crippen LogP contribution in [0.5, 0.6) is 23.0 Å². The number of aliphatic hydroxyl groups is 2. The van der Waals surface area contributed by atoms with Crippen molar-refractivity contribution < 1.29 is 48.7 Å². The van der Waals surface area contributed by atoms with Crippen LogP contribution in [0.2, 0.25) is 0 Å². The molecule has 6 atom stereocenters. The third-order valence-electron chi connectivity index (χ3n) is 8.02. The number of aliphatic hydroxyl groups excluding tert-OH is 2. The molecule has 42 heavy (non-hydrogen) atoms. The summed E-state index contributed by atoms with van der Waals surface area (Å²) in [7, 11) is 5.84. The van der Waals surface area contributed by atoms with E-state index in [0.717, 1.165) is 36.3 Å². The maximum Gasteiger partial charge on any atom is 0.338 e. The van der Waals surface area contributed by atoms with E-state index in [4.69, 9.17) is 18.9 Å².